The number of hydrogen-bond acceptors (Lipinski definition) is 2. The number of rotatable bonds is 1. The summed E-state index contributed by atoms with van der Waals surface area (Å²) in [5.74, 6) is 0.493. The Bertz CT molecular complexity index is 1280. The van der Waals surface area contributed by atoms with E-state index in [4.69, 9.17) is 0 Å². The van der Waals surface area contributed by atoms with Crippen molar-refractivity contribution in [3.05, 3.63) is 104 Å². The smallest absolute Gasteiger partial charge is 0 e. The van der Waals surface area contributed by atoms with Crippen molar-refractivity contribution in [2.45, 2.75) is 86.5 Å². The first-order valence-corrected chi connectivity index (χ1v) is 21.9. The molecule has 0 atom stereocenters. The Labute approximate surface area is 344 Å². The molecule has 3 aromatic carbocycles. The van der Waals surface area contributed by atoms with Gasteiger partial charge in [-0.3, -0.25) is 4.79 Å². The molecule has 0 N–H and O–H groups in total. The van der Waals surface area contributed by atoms with Crippen LogP contribution in [0.1, 0.15) is 98.8 Å². The van der Waals surface area contributed by atoms with E-state index in [1.807, 2.05) is 31.2 Å². The van der Waals surface area contributed by atoms with Gasteiger partial charge in [-0.25, -0.2) is 0 Å². The first-order valence-electron chi connectivity index (χ1n) is 12.8. The number of ketones is 2. The monoisotopic (exact) mass is 1080 g/mol. The van der Waals surface area contributed by atoms with Gasteiger partial charge in [0, 0.05) is 77.4 Å². The van der Waals surface area contributed by atoms with Gasteiger partial charge in [-0.1, -0.05) is 58.2 Å². The largest absolute Gasteiger partial charge is 0 e. The summed E-state index contributed by atoms with van der Waals surface area (Å²) < 4.78 is 0. The fraction of sp³-hybridized carbons (Fsp3) is 0.394. The molecule has 0 fully saturated rings. The zero-order chi connectivity index (χ0) is 26.9. The van der Waals surface area contributed by atoms with Crippen LogP contribution in [-0.4, -0.2) is 11.6 Å². The van der Waals surface area contributed by atoms with Crippen molar-refractivity contribution in [3.63, 3.8) is 0 Å². The zero-order valence-corrected chi connectivity index (χ0v) is 37.4. The van der Waals surface area contributed by atoms with Crippen LogP contribution in [0.5, 0.6) is 0 Å². The molecule has 3 aliphatic rings. The first kappa shape index (κ1) is 45.1. The molecule has 0 heterocycles. The van der Waals surface area contributed by atoms with E-state index in [0.717, 1.165) is 41.5 Å². The summed E-state index contributed by atoms with van der Waals surface area (Å²) in [5.41, 5.74) is 12.6. The zero-order valence-electron chi connectivity index (χ0n) is 23.7. The van der Waals surface area contributed by atoms with Gasteiger partial charge in [0.25, 0.3) is 0 Å². The number of Topliss-reactive ketones (excluding diaryl/α,β-unsaturated/α-hetero) is 2. The Kier molecular flexibility index (Phi) is 25.7. The second kappa shape index (κ2) is 23.3. The molecule has 6 rings (SSSR count). The fourth-order valence-corrected chi connectivity index (χ4v) is 5.53. The van der Waals surface area contributed by atoms with E-state index >= 15 is 0 Å². The summed E-state index contributed by atoms with van der Waals surface area (Å²) in [5, 5.41) is 0. The van der Waals surface area contributed by atoms with Gasteiger partial charge in [0.2, 0.25) is 0 Å². The Morgan fingerprint density at radius 2 is 1.24 bits per heavy atom. The maximum absolute atomic E-state index is 11.3. The Hall–Kier alpha value is 1.98. The molecule has 217 valence electrons. The maximum Gasteiger partial charge on any atom is 0 e. The van der Waals surface area contributed by atoms with Crippen molar-refractivity contribution in [2.24, 2.45) is 0 Å². The van der Waals surface area contributed by atoms with E-state index in [0.29, 0.717) is 15.9 Å². The summed E-state index contributed by atoms with van der Waals surface area (Å²) in [4.78, 5) is 22.6. The number of carbonyl (C=O) groups is 2. The van der Waals surface area contributed by atoms with Gasteiger partial charge < -0.3 is 4.79 Å². The Morgan fingerprint density at radius 1 is 0.732 bits per heavy atom. The topological polar surface area (TPSA) is 34.1 Å². The van der Waals surface area contributed by atoms with Gasteiger partial charge in [-0.2, -0.15) is 58.7 Å². The third-order valence-corrected chi connectivity index (χ3v) is 7.35. The molecule has 2 radical (unpaired) electrons. The van der Waals surface area contributed by atoms with Gasteiger partial charge in [0.1, 0.15) is 5.78 Å². The third-order valence-electron chi connectivity index (χ3n) is 7.35. The number of halogens is 3. The second-order valence-corrected chi connectivity index (χ2v) is 21.6. The molecule has 0 unspecified atom stereocenters. The maximum atomic E-state index is 11.3. The summed E-state index contributed by atoms with van der Waals surface area (Å²) in [7, 11) is 0.628. The van der Waals surface area contributed by atoms with Gasteiger partial charge in [-0.05, 0) is 56.2 Å². The normalized spacial score (nSPS) is 12.7. The van der Waals surface area contributed by atoms with Gasteiger partial charge in [0.15, 0.2) is 5.78 Å². The van der Waals surface area contributed by atoms with E-state index in [1.165, 1.54) is 53.5 Å². The molecule has 3 aliphatic carbocycles. The molecule has 2 nitrogen and oxygen atoms in total. The average molecular weight is 1080 g/mol. The van der Waals surface area contributed by atoms with Crippen LogP contribution in [-0.2, 0) is 107 Å². The predicted octanol–water partition coefficient (Wildman–Crippen LogP) is 9.91. The summed E-state index contributed by atoms with van der Waals surface area (Å²) in [6.45, 7) is 7.96. The van der Waals surface area contributed by atoms with Crippen LogP contribution >= 0.6 is 63.9 Å². The number of benzene rings is 3. The Morgan fingerprint density at radius 3 is 1.83 bits per heavy atom. The predicted molar refractivity (Wildman–Crippen MR) is 188 cm³/mol. The van der Waals surface area contributed by atoms with E-state index < -0.39 is 0 Å². The van der Waals surface area contributed by atoms with Crippen molar-refractivity contribution in [2.75, 3.05) is 0 Å². The van der Waals surface area contributed by atoms with Gasteiger partial charge in [-0.15, -0.1) is 29.5 Å². The number of hydrogen-bond donors (Lipinski definition) is 0. The van der Waals surface area contributed by atoms with E-state index in [-0.39, 0.29) is 108 Å². The van der Waals surface area contributed by atoms with Crippen LogP contribution in [0.2, 0.25) is 0 Å². The average Bonchev–Trinajstić information content (AvgIpc) is 3.62. The second-order valence-electron chi connectivity index (χ2n) is 9.77. The summed E-state index contributed by atoms with van der Waals surface area (Å²) >= 11 is 4.74. The van der Waals surface area contributed by atoms with Crippen molar-refractivity contribution in [1.29, 1.82) is 0 Å². The van der Waals surface area contributed by atoms with Crippen molar-refractivity contribution >= 4 is 75.5 Å². The number of aryl methyl sites for hydroxylation is 5. The standard InChI is InChI=1S/C12H14O.C10H9O.C10H11.CH4.3HI.V.2Y/c1-8-6-7-11(9(2)13)12-5-3-4-10(8)12;1-7-3-2-4-8-5-6-9(11)10(7)8;1-8-4-2-5-9-6-3-7-10(8)9;;;;;;;/h6-7H,3-5H2,1-2H3;2-3H,5-6H2,1H3;2,4H,3,6-7H2,1H3;1H4;3*1H;;;/q;2*-1;;;;;+2;;/p-2. The molecular weight excluding hydrogens is 1040 g/mol. The molecule has 3 aromatic rings. The molecule has 0 bridgehead atoms. The van der Waals surface area contributed by atoms with Gasteiger partial charge in [0.05, 0.1) is 0 Å². The molecule has 0 spiro atoms. The molecule has 41 heavy (non-hydrogen) atoms. The van der Waals surface area contributed by atoms with Crippen LogP contribution in [0.25, 0.3) is 0 Å². The molecular formula is C33H39I3O2VY2-2. The quantitative estimate of drug-likeness (QED) is 0.138. The fourth-order valence-electron chi connectivity index (χ4n) is 5.53. The van der Waals surface area contributed by atoms with E-state index in [9.17, 15) is 9.59 Å². The third kappa shape index (κ3) is 13.0. The van der Waals surface area contributed by atoms with E-state index in [1.54, 1.807) is 12.5 Å². The number of carbonyl (C=O) groups excluding carboxylic acids is 2. The molecule has 0 aromatic heterocycles. The minimum atomic E-state index is 0. The van der Waals surface area contributed by atoms with E-state index in [2.05, 4.69) is 78.1 Å². The molecule has 0 aliphatic heterocycles. The van der Waals surface area contributed by atoms with Crippen molar-refractivity contribution in [3.8, 4) is 0 Å². The molecule has 0 saturated carbocycles. The van der Waals surface area contributed by atoms with Crippen molar-refractivity contribution < 1.29 is 84.5 Å². The van der Waals surface area contributed by atoms with Crippen LogP contribution in [0.4, 0.5) is 0 Å². The summed E-state index contributed by atoms with van der Waals surface area (Å²) in [6, 6.07) is 18.5. The van der Waals surface area contributed by atoms with Crippen LogP contribution in [0.3, 0.4) is 0 Å². The molecule has 0 saturated heterocycles. The van der Waals surface area contributed by atoms with Crippen LogP contribution in [0, 0.1) is 32.9 Å². The van der Waals surface area contributed by atoms with Crippen LogP contribution in [0.15, 0.2) is 36.4 Å². The SMILES string of the molecule is C.CC(=O)c1ccc(C)c2c1CCC2.Cc1cc[c-]c2c1C(=O)CC2.Cc1cc[c-]c2c1CCC2.I.[I][V][I].[Y].[Y]. The van der Waals surface area contributed by atoms with Crippen molar-refractivity contribution in [1.82, 2.24) is 0 Å². The molecule has 0 amide bonds. The minimum absolute atomic E-state index is 0. The Balaban J connectivity index is 0. The van der Waals surface area contributed by atoms with Crippen LogP contribution < -0.4 is 0 Å². The molecule has 8 heteroatoms. The van der Waals surface area contributed by atoms with Gasteiger partial charge >= 0.3 is 49.4 Å². The minimum Gasteiger partial charge on any atom is 0 e. The number of fused-ring (bicyclic) bond motifs is 3. The first-order chi connectivity index (χ1) is 17.8. The summed E-state index contributed by atoms with van der Waals surface area (Å²) in [6.07, 6.45) is 8.87.